The predicted octanol–water partition coefficient (Wildman–Crippen LogP) is 0.218. The first-order valence-electron chi connectivity index (χ1n) is 6.36. The van der Waals surface area contributed by atoms with Crippen molar-refractivity contribution in [2.24, 2.45) is 5.92 Å². The zero-order chi connectivity index (χ0) is 14.0. The van der Waals surface area contributed by atoms with E-state index in [1.165, 1.54) is 0 Å². The summed E-state index contributed by atoms with van der Waals surface area (Å²) in [7, 11) is 0. The van der Waals surface area contributed by atoms with Crippen molar-refractivity contribution in [3.63, 3.8) is 0 Å². The van der Waals surface area contributed by atoms with Gasteiger partial charge in [0.05, 0.1) is 5.92 Å². The van der Waals surface area contributed by atoms with Crippen molar-refractivity contribution in [2.45, 2.75) is 33.2 Å². The van der Waals surface area contributed by atoms with Gasteiger partial charge in [-0.25, -0.2) is 9.67 Å². The van der Waals surface area contributed by atoms with Crippen molar-refractivity contribution in [1.29, 1.82) is 0 Å². The van der Waals surface area contributed by atoms with Crippen LogP contribution >= 0.6 is 0 Å². The number of aliphatic carboxylic acids is 1. The van der Waals surface area contributed by atoms with Gasteiger partial charge in [0, 0.05) is 13.1 Å². The van der Waals surface area contributed by atoms with Crippen LogP contribution in [0.4, 0.5) is 0 Å². The normalized spacial score (nSPS) is 16.6. The zero-order valence-corrected chi connectivity index (χ0v) is 11.2. The first-order chi connectivity index (χ1) is 8.97. The number of piperidine rings is 1. The Hall–Kier alpha value is -1.92. The molecule has 7 heteroatoms. The molecule has 1 aliphatic rings. The van der Waals surface area contributed by atoms with Crippen molar-refractivity contribution in [3.8, 4) is 0 Å². The highest BCUT2D eigenvalue weighted by Crippen LogP contribution is 2.17. The lowest BCUT2D eigenvalue weighted by Crippen LogP contribution is -2.42. The average molecular weight is 266 g/mol. The number of hydrogen-bond acceptors (Lipinski definition) is 4. The van der Waals surface area contributed by atoms with Crippen molar-refractivity contribution < 1.29 is 14.7 Å². The maximum Gasteiger partial charge on any atom is 0.306 e. The van der Waals surface area contributed by atoms with Crippen LogP contribution in [0.25, 0.3) is 0 Å². The van der Waals surface area contributed by atoms with Crippen molar-refractivity contribution in [3.05, 3.63) is 11.6 Å². The molecule has 19 heavy (non-hydrogen) atoms. The van der Waals surface area contributed by atoms with Gasteiger partial charge < -0.3 is 10.0 Å². The van der Waals surface area contributed by atoms with Crippen LogP contribution < -0.4 is 0 Å². The number of aryl methyl sites for hydroxylation is 2. The van der Waals surface area contributed by atoms with Crippen LogP contribution in [-0.2, 0) is 16.1 Å². The summed E-state index contributed by atoms with van der Waals surface area (Å²) in [5, 5.41) is 13.1. The van der Waals surface area contributed by atoms with Gasteiger partial charge in [-0.05, 0) is 26.7 Å². The van der Waals surface area contributed by atoms with Crippen LogP contribution in [-0.4, -0.2) is 49.7 Å². The van der Waals surface area contributed by atoms with Crippen molar-refractivity contribution >= 4 is 11.9 Å². The third-order valence-electron chi connectivity index (χ3n) is 3.44. The van der Waals surface area contributed by atoms with E-state index in [1.807, 2.05) is 6.92 Å². The molecule has 2 heterocycles. The molecule has 104 valence electrons. The summed E-state index contributed by atoms with van der Waals surface area (Å²) in [4.78, 5) is 28.8. The van der Waals surface area contributed by atoms with Crippen molar-refractivity contribution in [1.82, 2.24) is 19.7 Å². The third-order valence-corrected chi connectivity index (χ3v) is 3.44. The summed E-state index contributed by atoms with van der Waals surface area (Å²) < 4.78 is 1.58. The number of carbonyl (C=O) groups excluding carboxylic acids is 1. The van der Waals surface area contributed by atoms with Gasteiger partial charge in [0.2, 0.25) is 5.91 Å². The van der Waals surface area contributed by atoms with Crippen LogP contribution in [0.1, 0.15) is 24.5 Å². The second-order valence-corrected chi connectivity index (χ2v) is 4.86. The summed E-state index contributed by atoms with van der Waals surface area (Å²) in [5.74, 6) is 0.243. The van der Waals surface area contributed by atoms with Crippen LogP contribution in [0.2, 0.25) is 0 Å². The van der Waals surface area contributed by atoms with Gasteiger partial charge in [-0.15, -0.1) is 0 Å². The molecule has 0 spiro atoms. The fourth-order valence-electron chi connectivity index (χ4n) is 2.32. The number of nitrogens with zero attached hydrogens (tertiary/aromatic N) is 4. The number of aromatic nitrogens is 3. The molecule has 1 fully saturated rings. The minimum Gasteiger partial charge on any atom is -0.481 e. The van der Waals surface area contributed by atoms with E-state index in [0.29, 0.717) is 37.6 Å². The molecule has 1 amide bonds. The maximum absolute atomic E-state index is 12.1. The van der Waals surface area contributed by atoms with Gasteiger partial charge in [0.25, 0.3) is 0 Å². The SMILES string of the molecule is Cc1nc(C)n(CC(=O)N2CCC(C(=O)O)CC2)n1. The zero-order valence-electron chi connectivity index (χ0n) is 11.2. The number of likely N-dealkylation sites (tertiary alicyclic amines) is 1. The van der Waals surface area contributed by atoms with Crippen LogP contribution in [0, 0.1) is 19.8 Å². The van der Waals surface area contributed by atoms with E-state index < -0.39 is 5.97 Å². The molecule has 1 N–H and O–H groups in total. The second kappa shape index (κ2) is 5.38. The van der Waals surface area contributed by atoms with E-state index in [0.717, 1.165) is 0 Å². The molecule has 0 radical (unpaired) electrons. The Bertz CT molecular complexity index is 489. The predicted molar refractivity (Wildman–Crippen MR) is 66.4 cm³/mol. The van der Waals surface area contributed by atoms with Crippen molar-refractivity contribution in [2.75, 3.05) is 13.1 Å². The van der Waals surface area contributed by atoms with Gasteiger partial charge >= 0.3 is 5.97 Å². The molecule has 7 nitrogen and oxygen atoms in total. The van der Waals surface area contributed by atoms with E-state index in [-0.39, 0.29) is 18.4 Å². The van der Waals surface area contributed by atoms with E-state index in [2.05, 4.69) is 10.1 Å². The largest absolute Gasteiger partial charge is 0.481 e. The lowest BCUT2D eigenvalue weighted by Gasteiger charge is -2.30. The molecule has 0 saturated carbocycles. The molecule has 0 unspecified atom stereocenters. The first kappa shape index (κ1) is 13.5. The fraction of sp³-hybridized carbons (Fsp3) is 0.667. The van der Waals surface area contributed by atoms with E-state index in [4.69, 9.17) is 5.11 Å². The summed E-state index contributed by atoms with van der Waals surface area (Å²) in [6.45, 7) is 4.77. The molecule has 1 aromatic rings. The molecule has 0 bridgehead atoms. The Kier molecular flexibility index (Phi) is 3.82. The number of amides is 1. The van der Waals surface area contributed by atoms with Gasteiger partial charge in [-0.1, -0.05) is 0 Å². The van der Waals surface area contributed by atoms with E-state index in [9.17, 15) is 9.59 Å². The number of hydrogen-bond donors (Lipinski definition) is 1. The third kappa shape index (κ3) is 3.10. The summed E-state index contributed by atoms with van der Waals surface area (Å²) in [6, 6.07) is 0. The van der Waals surface area contributed by atoms with Gasteiger partial charge in [0.15, 0.2) is 0 Å². The molecule has 0 aromatic carbocycles. The molecular formula is C12H18N4O3. The minimum atomic E-state index is -0.769. The van der Waals surface area contributed by atoms with E-state index in [1.54, 1.807) is 16.5 Å². The Morgan fingerprint density at radius 2 is 1.95 bits per heavy atom. The fourth-order valence-corrected chi connectivity index (χ4v) is 2.32. The first-order valence-corrected chi connectivity index (χ1v) is 6.36. The highest BCUT2D eigenvalue weighted by Gasteiger charge is 2.27. The quantitative estimate of drug-likeness (QED) is 0.845. The highest BCUT2D eigenvalue weighted by atomic mass is 16.4. The lowest BCUT2D eigenvalue weighted by atomic mass is 9.97. The molecular weight excluding hydrogens is 248 g/mol. The Morgan fingerprint density at radius 1 is 1.32 bits per heavy atom. The van der Waals surface area contributed by atoms with Crippen LogP contribution in [0.5, 0.6) is 0 Å². The topological polar surface area (TPSA) is 88.3 Å². The molecule has 1 aliphatic heterocycles. The van der Waals surface area contributed by atoms with E-state index >= 15 is 0 Å². The molecule has 1 saturated heterocycles. The number of rotatable bonds is 3. The summed E-state index contributed by atoms with van der Waals surface area (Å²) in [6.07, 6.45) is 1.05. The van der Waals surface area contributed by atoms with Crippen LogP contribution in [0.15, 0.2) is 0 Å². The maximum atomic E-state index is 12.1. The number of carboxylic acids is 1. The number of carbonyl (C=O) groups is 2. The number of carboxylic acid groups (broad SMARTS) is 1. The average Bonchev–Trinajstić information content (AvgIpc) is 2.68. The van der Waals surface area contributed by atoms with Gasteiger partial charge in [-0.2, -0.15) is 5.10 Å². The van der Waals surface area contributed by atoms with Gasteiger partial charge in [-0.3, -0.25) is 9.59 Å². The Labute approximate surface area is 111 Å². The summed E-state index contributed by atoms with van der Waals surface area (Å²) >= 11 is 0. The van der Waals surface area contributed by atoms with Crippen LogP contribution in [0.3, 0.4) is 0 Å². The highest BCUT2D eigenvalue weighted by molar-refractivity contribution is 5.76. The standard InChI is InChI=1S/C12H18N4O3/c1-8-13-9(2)16(14-8)7-11(17)15-5-3-10(4-6-15)12(18)19/h10H,3-7H2,1-2H3,(H,18,19). The molecule has 0 atom stereocenters. The lowest BCUT2D eigenvalue weighted by molar-refractivity contribution is -0.145. The molecule has 0 aliphatic carbocycles. The minimum absolute atomic E-state index is 0.0307. The smallest absolute Gasteiger partial charge is 0.306 e. The molecule has 2 rings (SSSR count). The van der Waals surface area contributed by atoms with Gasteiger partial charge in [0.1, 0.15) is 18.2 Å². The molecule has 1 aromatic heterocycles. The second-order valence-electron chi connectivity index (χ2n) is 4.86. The Morgan fingerprint density at radius 3 is 2.42 bits per heavy atom. The summed E-state index contributed by atoms with van der Waals surface area (Å²) in [5.41, 5.74) is 0. The Balaban J connectivity index is 1.91. The monoisotopic (exact) mass is 266 g/mol.